The third-order valence-corrected chi connectivity index (χ3v) is 3.81. The lowest BCUT2D eigenvalue weighted by atomic mass is 9.98. The van der Waals surface area contributed by atoms with E-state index in [1.54, 1.807) is 0 Å². The highest BCUT2D eigenvalue weighted by Gasteiger charge is 2.37. The van der Waals surface area contributed by atoms with Gasteiger partial charge in [0.15, 0.2) is 0 Å². The molecular weight excluding hydrogens is 172 g/mol. The van der Waals surface area contributed by atoms with Crippen molar-refractivity contribution in [3.8, 4) is 0 Å². The van der Waals surface area contributed by atoms with Gasteiger partial charge in [-0.3, -0.25) is 4.98 Å². The van der Waals surface area contributed by atoms with Crippen molar-refractivity contribution in [1.82, 2.24) is 10.3 Å². The van der Waals surface area contributed by atoms with Gasteiger partial charge in [0.2, 0.25) is 0 Å². The summed E-state index contributed by atoms with van der Waals surface area (Å²) >= 11 is 0. The second kappa shape index (κ2) is 3.35. The maximum absolute atomic E-state index is 4.21. The number of rotatable bonds is 1. The summed E-state index contributed by atoms with van der Waals surface area (Å²) in [6.45, 7) is 2.48. The smallest absolute Gasteiger partial charge is 0.0302 e. The molecule has 0 amide bonds. The summed E-state index contributed by atoms with van der Waals surface area (Å²) in [6, 6.07) is 4.29. The van der Waals surface area contributed by atoms with Gasteiger partial charge in [-0.25, -0.2) is 0 Å². The van der Waals surface area contributed by atoms with E-state index in [-0.39, 0.29) is 0 Å². The van der Waals surface area contributed by atoms with Gasteiger partial charge in [-0.05, 0) is 55.3 Å². The van der Waals surface area contributed by atoms with Crippen molar-refractivity contribution in [2.45, 2.75) is 18.8 Å². The summed E-state index contributed by atoms with van der Waals surface area (Å²) in [5.41, 5.74) is 1.45. The summed E-state index contributed by atoms with van der Waals surface area (Å²) in [6.07, 6.45) is 6.63. The highest BCUT2D eigenvalue weighted by atomic mass is 14.9. The van der Waals surface area contributed by atoms with Gasteiger partial charge in [0, 0.05) is 12.4 Å². The standard InChI is InChI=1S/C12H16N2/c1-2-9(6-13-3-1)10-4-11-7-14-8-12(11)5-10/h1-3,6,10-12,14H,4-5,7-8H2/t11-,12-/m0/s1. The molecule has 1 aliphatic carbocycles. The molecule has 0 aromatic carbocycles. The molecule has 0 unspecified atom stereocenters. The van der Waals surface area contributed by atoms with Gasteiger partial charge in [-0.2, -0.15) is 0 Å². The molecule has 1 saturated carbocycles. The summed E-state index contributed by atoms with van der Waals surface area (Å²) in [7, 11) is 0. The van der Waals surface area contributed by atoms with Crippen molar-refractivity contribution in [2.24, 2.45) is 11.8 Å². The average Bonchev–Trinajstić information content (AvgIpc) is 2.78. The van der Waals surface area contributed by atoms with E-state index >= 15 is 0 Å². The number of aromatic nitrogens is 1. The van der Waals surface area contributed by atoms with Crippen molar-refractivity contribution >= 4 is 0 Å². The number of nitrogens with zero attached hydrogens (tertiary/aromatic N) is 1. The van der Waals surface area contributed by atoms with Gasteiger partial charge in [0.1, 0.15) is 0 Å². The van der Waals surface area contributed by atoms with E-state index in [1.807, 2.05) is 12.4 Å². The fourth-order valence-corrected chi connectivity index (χ4v) is 3.06. The molecular formula is C12H16N2. The number of hydrogen-bond donors (Lipinski definition) is 1. The molecule has 0 bridgehead atoms. The van der Waals surface area contributed by atoms with Crippen LogP contribution >= 0.6 is 0 Å². The SMILES string of the molecule is c1cncc(C2C[C@H]3CNC[C@@H]3C2)c1. The van der Waals surface area contributed by atoms with Crippen LogP contribution in [0.5, 0.6) is 0 Å². The number of pyridine rings is 1. The van der Waals surface area contributed by atoms with E-state index in [0.717, 1.165) is 17.8 Å². The predicted molar refractivity (Wildman–Crippen MR) is 56.1 cm³/mol. The number of nitrogens with one attached hydrogen (secondary N) is 1. The van der Waals surface area contributed by atoms with E-state index in [9.17, 15) is 0 Å². The minimum Gasteiger partial charge on any atom is -0.316 e. The third-order valence-electron chi connectivity index (χ3n) is 3.81. The molecule has 2 atom stereocenters. The molecule has 1 aromatic rings. The van der Waals surface area contributed by atoms with Crippen LogP contribution in [-0.2, 0) is 0 Å². The van der Waals surface area contributed by atoms with E-state index < -0.39 is 0 Å². The second-order valence-corrected chi connectivity index (χ2v) is 4.63. The van der Waals surface area contributed by atoms with E-state index in [2.05, 4.69) is 22.4 Å². The highest BCUT2D eigenvalue weighted by Crippen LogP contribution is 2.43. The Morgan fingerprint density at radius 2 is 2.00 bits per heavy atom. The fourth-order valence-electron chi connectivity index (χ4n) is 3.06. The Balaban J connectivity index is 1.77. The first-order valence-electron chi connectivity index (χ1n) is 5.54. The van der Waals surface area contributed by atoms with Crippen LogP contribution in [0, 0.1) is 11.8 Å². The molecule has 1 saturated heterocycles. The van der Waals surface area contributed by atoms with Crippen LogP contribution < -0.4 is 5.32 Å². The molecule has 0 radical (unpaired) electrons. The summed E-state index contributed by atoms with van der Waals surface area (Å²) in [5.74, 6) is 2.64. The average molecular weight is 188 g/mol. The largest absolute Gasteiger partial charge is 0.316 e. The quantitative estimate of drug-likeness (QED) is 0.727. The van der Waals surface area contributed by atoms with Crippen LogP contribution in [0.2, 0.25) is 0 Å². The number of hydrogen-bond acceptors (Lipinski definition) is 2. The van der Waals surface area contributed by atoms with Crippen LogP contribution in [0.4, 0.5) is 0 Å². The second-order valence-electron chi connectivity index (χ2n) is 4.63. The first kappa shape index (κ1) is 8.42. The van der Waals surface area contributed by atoms with E-state index in [0.29, 0.717) is 0 Å². The lowest BCUT2D eigenvalue weighted by Gasteiger charge is -2.10. The molecule has 2 fully saturated rings. The Bertz CT molecular complexity index is 297. The minimum atomic E-state index is 0.779. The van der Waals surface area contributed by atoms with Gasteiger partial charge in [0.25, 0.3) is 0 Å². The molecule has 2 aliphatic rings. The fraction of sp³-hybridized carbons (Fsp3) is 0.583. The third kappa shape index (κ3) is 1.34. The Morgan fingerprint density at radius 3 is 2.64 bits per heavy atom. The number of fused-ring (bicyclic) bond motifs is 1. The summed E-state index contributed by atoms with van der Waals surface area (Å²) in [5, 5.41) is 3.48. The van der Waals surface area contributed by atoms with Crippen LogP contribution in [0.3, 0.4) is 0 Å². The van der Waals surface area contributed by atoms with Gasteiger partial charge < -0.3 is 5.32 Å². The van der Waals surface area contributed by atoms with Crippen molar-refractivity contribution in [2.75, 3.05) is 13.1 Å². The Morgan fingerprint density at radius 1 is 1.21 bits per heavy atom. The zero-order valence-corrected chi connectivity index (χ0v) is 8.32. The molecule has 3 rings (SSSR count). The van der Waals surface area contributed by atoms with Crippen molar-refractivity contribution in [3.63, 3.8) is 0 Å². The van der Waals surface area contributed by atoms with Crippen LogP contribution in [0.25, 0.3) is 0 Å². The molecule has 74 valence electrons. The zero-order chi connectivity index (χ0) is 9.38. The maximum Gasteiger partial charge on any atom is 0.0302 e. The summed E-state index contributed by atoms with van der Waals surface area (Å²) < 4.78 is 0. The molecule has 1 aliphatic heterocycles. The van der Waals surface area contributed by atoms with Gasteiger partial charge in [-0.15, -0.1) is 0 Å². The van der Waals surface area contributed by atoms with E-state index in [1.165, 1.54) is 31.5 Å². The molecule has 2 heterocycles. The highest BCUT2D eigenvalue weighted by molar-refractivity contribution is 5.17. The first-order valence-corrected chi connectivity index (χ1v) is 5.54. The minimum absolute atomic E-state index is 0.779. The first-order chi connectivity index (χ1) is 6.93. The Labute approximate surface area is 84.7 Å². The lowest BCUT2D eigenvalue weighted by Crippen LogP contribution is -2.11. The molecule has 1 N–H and O–H groups in total. The molecule has 0 spiro atoms. The van der Waals surface area contributed by atoms with Crippen molar-refractivity contribution < 1.29 is 0 Å². The molecule has 2 nitrogen and oxygen atoms in total. The Kier molecular flexibility index (Phi) is 2.02. The summed E-state index contributed by atoms with van der Waals surface area (Å²) in [4.78, 5) is 4.21. The lowest BCUT2D eigenvalue weighted by molar-refractivity contribution is 0.494. The van der Waals surface area contributed by atoms with Crippen molar-refractivity contribution in [3.05, 3.63) is 30.1 Å². The predicted octanol–water partition coefficient (Wildman–Crippen LogP) is 1.79. The zero-order valence-electron chi connectivity index (χ0n) is 8.32. The van der Waals surface area contributed by atoms with Crippen LogP contribution in [-0.4, -0.2) is 18.1 Å². The molecule has 1 aromatic heterocycles. The molecule has 14 heavy (non-hydrogen) atoms. The Hall–Kier alpha value is -0.890. The van der Waals surface area contributed by atoms with Crippen molar-refractivity contribution in [1.29, 1.82) is 0 Å². The molecule has 2 heteroatoms. The van der Waals surface area contributed by atoms with Gasteiger partial charge in [0.05, 0.1) is 0 Å². The monoisotopic (exact) mass is 188 g/mol. The topological polar surface area (TPSA) is 24.9 Å². The van der Waals surface area contributed by atoms with Gasteiger partial charge >= 0.3 is 0 Å². The van der Waals surface area contributed by atoms with Crippen LogP contribution in [0.1, 0.15) is 24.3 Å². The van der Waals surface area contributed by atoms with Gasteiger partial charge in [-0.1, -0.05) is 6.07 Å². The normalized spacial score (nSPS) is 32.0. The van der Waals surface area contributed by atoms with E-state index in [4.69, 9.17) is 0 Å². The maximum atomic E-state index is 4.21. The van der Waals surface area contributed by atoms with Crippen LogP contribution in [0.15, 0.2) is 24.5 Å².